The van der Waals surface area contributed by atoms with Gasteiger partial charge in [-0.1, -0.05) is 30.3 Å². The van der Waals surface area contributed by atoms with Crippen LogP contribution in [0.25, 0.3) is 22.4 Å². The number of aromatic nitrogens is 1. The molecule has 10 heteroatoms. The lowest BCUT2D eigenvalue weighted by Crippen LogP contribution is -2.38. The van der Waals surface area contributed by atoms with E-state index >= 15 is 0 Å². The van der Waals surface area contributed by atoms with Crippen molar-refractivity contribution in [3.8, 4) is 22.4 Å². The number of hydrogen-bond donors (Lipinski definition) is 2. The Hall–Kier alpha value is -3.02. The molecule has 5 rings (SSSR count). The van der Waals surface area contributed by atoms with Gasteiger partial charge in [0, 0.05) is 43.9 Å². The topological polar surface area (TPSA) is 95.0 Å². The molecule has 0 unspecified atom stereocenters. The van der Waals surface area contributed by atoms with Gasteiger partial charge in [0.25, 0.3) is 5.91 Å². The van der Waals surface area contributed by atoms with E-state index in [9.17, 15) is 18.5 Å². The Morgan fingerprint density at radius 3 is 2.49 bits per heavy atom. The summed E-state index contributed by atoms with van der Waals surface area (Å²) in [5.41, 5.74) is 4.96. The molecule has 0 bridgehead atoms. The number of aliphatic hydroxyl groups excluding tert-OH is 1. The predicted octanol–water partition coefficient (Wildman–Crippen LogP) is 4.71. The average Bonchev–Trinajstić information content (AvgIpc) is 3.36. The van der Waals surface area contributed by atoms with Gasteiger partial charge in [0.15, 0.2) is 0 Å². The zero-order chi connectivity index (χ0) is 30.6. The van der Waals surface area contributed by atoms with Crippen molar-refractivity contribution in [3.05, 3.63) is 77.2 Å². The van der Waals surface area contributed by atoms with Gasteiger partial charge in [-0.05, 0) is 81.1 Å². The zero-order valence-corrected chi connectivity index (χ0v) is 26.0. The van der Waals surface area contributed by atoms with E-state index in [4.69, 9.17) is 9.72 Å². The van der Waals surface area contributed by atoms with Crippen molar-refractivity contribution in [1.82, 2.24) is 19.5 Å². The highest BCUT2D eigenvalue weighted by Crippen LogP contribution is 2.44. The number of nitrogens with zero attached hydrogens (tertiary/aromatic N) is 3. The van der Waals surface area contributed by atoms with Gasteiger partial charge in [0.1, 0.15) is 22.5 Å². The number of rotatable bonds is 10. The van der Waals surface area contributed by atoms with Gasteiger partial charge in [-0.15, -0.1) is 0 Å². The number of fused-ring (bicyclic) bond motifs is 1. The molecule has 1 saturated heterocycles. The number of benzene rings is 2. The second-order valence-corrected chi connectivity index (χ2v) is 14.2. The minimum absolute atomic E-state index is 0.0872. The molecule has 3 aromatic rings. The maximum atomic E-state index is 14.1. The molecule has 3 heterocycles. The molecule has 2 aromatic carbocycles. The van der Waals surface area contributed by atoms with Gasteiger partial charge in [0.05, 0.1) is 29.7 Å². The van der Waals surface area contributed by atoms with Crippen molar-refractivity contribution >= 4 is 16.9 Å². The third-order valence-electron chi connectivity index (χ3n) is 7.86. The van der Waals surface area contributed by atoms with Gasteiger partial charge in [-0.2, -0.15) is 0 Å². The number of hydrogen-bond acceptors (Lipinski definition) is 6. The summed E-state index contributed by atoms with van der Waals surface area (Å²) in [4.78, 5) is 20.7. The maximum Gasteiger partial charge on any atom is 0.269 e. The van der Waals surface area contributed by atoms with Crippen LogP contribution in [0.4, 0.5) is 4.39 Å². The molecule has 230 valence electrons. The van der Waals surface area contributed by atoms with E-state index in [1.54, 1.807) is 12.1 Å². The van der Waals surface area contributed by atoms with Gasteiger partial charge < -0.3 is 15.2 Å². The van der Waals surface area contributed by atoms with Gasteiger partial charge in [-0.25, -0.2) is 17.9 Å². The van der Waals surface area contributed by atoms with Crippen LogP contribution in [0.5, 0.6) is 0 Å². The van der Waals surface area contributed by atoms with E-state index in [-0.39, 0.29) is 24.4 Å². The Morgan fingerprint density at radius 1 is 1.09 bits per heavy atom. The summed E-state index contributed by atoms with van der Waals surface area (Å²) in [5, 5.41) is 13.1. The van der Waals surface area contributed by atoms with E-state index in [1.165, 1.54) is 12.1 Å². The summed E-state index contributed by atoms with van der Waals surface area (Å²) in [5.74, 6) is -0.584. The smallest absolute Gasteiger partial charge is 0.269 e. The van der Waals surface area contributed by atoms with Crippen LogP contribution in [-0.4, -0.2) is 80.2 Å². The molecule has 2 N–H and O–H groups in total. The lowest BCUT2D eigenvalue weighted by Gasteiger charge is -2.30. The first-order chi connectivity index (χ1) is 20.7. The number of carbonyl (C=O) groups is 1. The first-order valence-corrected chi connectivity index (χ1v) is 16.0. The molecule has 2 aliphatic heterocycles. The molecular weight excluding hydrogens is 567 g/mol. The number of aliphatic hydroxyl groups is 1. The van der Waals surface area contributed by atoms with E-state index in [0.717, 1.165) is 67.1 Å². The second-order valence-electron chi connectivity index (χ2n) is 12.0. The highest BCUT2D eigenvalue weighted by atomic mass is 32.2. The molecule has 2 aliphatic rings. The largest absolute Gasteiger partial charge is 0.396 e. The predicted molar refractivity (Wildman–Crippen MR) is 167 cm³/mol. The fourth-order valence-corrected chi connectivity index (χ4v) is 7.14. The standard InChI is InChI=1S/C33H41FN4O4S/c1-33(2,3)43(41)38-22-26-21-28(32(40)35-12-6-13-37-14-17-42-18-15-37)36-31(30(26)29(38)11-16-39)25-9-4-7-23(19-25)24-8-5-10-27(34)20-24/h4-5,7-10,19-21,29,39H,6,11-18,22H2,1-3H3,(H,35,40)/t29-,43-/m1/s1. The Kier molecular flexibility index (Phi) is 10.0. The van der Waals surface area contributed by atoms with Crippen molar-refractivity contribution in [2.45, 2.75) is 50.9 Å². The summed E-state index contributed by atoms with van der Waals surface area (Å²) in [7, 11) is -1.36. The van der Waals surface area contributed by atoms with Crippen LogP contribution in [-0.2, 0) is 22.3 Å². The Bertz CT molecular complexity index is 1470. The minimum atomic E-state index is -1.36. The zero-order valence-electron chi connectivity index (χ0n) is 25.1. The summed E-state index contributed by atoms with van der Waals surface area (Å²) in [6, 6.07) is 15.6. The van der Waals surface area contributed by atoms with Crippen LogP contribution in [0.2, 0.25) is 0 Å². The van der Waals surface area contributed by atoms with Crippen LogP contribution >= 0.6 is 0 Å². The summed E-state index contributed by atoms with van der Waals surface area (Å²) in [6.07, 6.45) is 1.19. The van der Waals surface area contributed by atoms with E-state index < -0.39 is 15.7 Å². The highest BCUT2D eigenvalue weighted by Gasteiger charge is 2.40. The highest BCUT2D eigenvalue weighted by molar-refractivity contribution is 7.84. The molecule has 0 radical (unpaired) electrons. The molecule has 0 spiro atoms. The average molecular weight is 609 g/mol. The third-order valence-corrected chi connectivity index (χ3v) is 9.71. The van der Waals surface area contributed by atoms with Crippen molar-refractivity contribution in [2.75, 3.05) is 46.0 Å². The molecule has 2 atom stereocenters. The van der Waals surface area contributed by atoms with Crippen LogP contribution < -0.4 is 5.32 Å². The number of nitrogens with one attached hydrogen (secondary N) is 1. The third kappa shape index (κ3) is 7.38. The normalized spacial score (nSPS) is 18.4. The number of ether oxygens (including phenoxy) is 1. The van der Waals surface area contributed by atoms with Crippen LogP contribution in [0.15, 0.2) is 54.6 Å². The van der Waals surface area contributed by atoms with E-state index in [1.807, 2.05) is 55.4 Å². The second kappa shape index (κ2) is 13.7. The first kappa shape index (κ1) is 31.4. The molecule has 1 amide bonds. The van der Waals surface area contributed by atoms with Crippen molar-refractivity contribution in [1.29, 1.82) is 0 Å². The van der Waals surface area contributed by atoms with Crippen molar-refractivity contribution in [3.63, 3.8) is 0 Å². The van der Waals surface area contributed by atoms with Crippen LogP contribution in [0.1, 0.15) is 61.3 Å². The molecular formula is C33H41FN4O4S. The molecule has 1 aromatic heterocycles. The summed E-state index contributed by atoms with van der Waals surface area (Å²) >= 11 is 0. The number of halogens is 1. The molecule has 0 saturated carbocycles. The quantitative estimate of drug-likeness (QED) is 0.324. The number of amides is 1. The van der Waals surface area contributed by atoms with Gasteiger partial charge in [-0.3, -0.25) is 9.69 Å². The van der Waals surface area contributed by atoms with Crippen molar-refractivity contribution in [2.24, 2.45) is 0 Å². The first-order valence-electron chi connectivity index (χ1n) is 14.9. The monoisotopic (exact) mass is 608 g/mol. The fraction of sp³-hybridized carbons (Fsp3) is 0.455. The number of pyridine rings is 1. The number of morpholine rings is 1. The lowest BCUT2D eigenvalue weighted by atomic mass is 9.94. The Balaban J connectivity index is 1.50. The van der Waals surface area contributed by atoms with Crippen molar-refractivity contribution < 1.29 is 23.2 Å². The van der Waals surface area contributed by atoms with Crippen LogP contribution in [0, 0.1) is 5.82 Å². The number of carbonyl (C=O) groups excluding carboxylic acids is 1. The Morgan fingerprint density at radius 2 is 1.79 bits per heavy atom. The minimum Gasteiger partial charge on any atom is -0.396 e. The Labute approximate surface area is 255 Å². The molecule has 8 nitrogen and oxygen atoms in total. The molecule has 1 fully saturated rings. The summed E-state index contributed by atoms with van der Waals surface area (Å²) in [6.45, 7) is 10.8. The SMILES string of the molecule is CC(C)(C)[S@@](=O)N1Cc2cc(C(=O)NCCCN3CCOCC3)nc(-c3cccc(-c4cccc(F)c4)c3)c2[C@H]1CCO. The van der Waals surface area contributed by atoms with Gasteiger partial charge >= 0.3 is 0 Å². The lowest BCUT2D eigenvalue weighted by molar-refractivity contribution is 0.0374. The summed E-state index contributed by atoms with van der Waals surface area (Å²) < 4.78 is 34.5. The fourth-order valence-electron chi connectivity index (χ4n) is 5.74. The van der Waals surface area contributed by atoms with Crippen LogP contribution in [0.3, 0.4) is 0 Å². The van der Waals surface area contributed by atoms with Gasteiger partial charge in [0.2, 0.25) is 0 Å². The van der Waals surface area contributed by atoms with E-state index in [2.05, 4.69) is 10.2 Å². The molecule has 0 aliphatic carbocycles. The van der Waals surface area contributed by atoms with E-state index in [0.29, 0.717) is 30.9 Å². The molecule has 43 heavy (non-hydrogen) atoms. The maximum absolute atomic E-state index is 14.1.